The first kappa shape index (κ1) is 19.2. The number of nitrogens with zero attached hydrogens (tertiary/aromatic N) is 1. The smallest absolute Gasteiger partial charge is 0.325 e. The molecule has 7 nitrogen and oxygen atoms in total. The molecule has 0 unspecified atom stereocenters. The first-order chi connectivity index (χ1) is 12.5. The molecule has 1 aromatic carbocycles. The summed E-state index contributed by atoms with van der Waals surface area (Å²) >= 11 is 0. The summed E-state index contributed by atoms with van der Waals surface area (Å²) < 4.78 is 9.67. The molecule has 0 radical (unpaired) electrons. The number of carbonyl (C=O) groups is 3. The van der Waals surface area contributed by atoms with Crippen molar-refractivity contribution in [3.63, 3.8) is 0 Å². The van der Waals surface area contributed by atoms with E-state index in [-0.39, 0.29) is 37.1 Å². The average Bonchev–Trinajstić information content (AvgIpc) is 3.17. The van der Waals surface area contributed by atoms with Gasteiger partial charge in [0.25, 0.3) is 5.91 Å². The third-order valence-electron chi connectivity index (χ3n) is 3.89. The fraction of sp³-hybridized carbons (Fsp3) is 0.316. The topological polar surface area (TPSA) is 88.9 Å². The Morgan fingerprint density at radius 3 is 2.58 bits per heavy atom. The van der Waals surface area contributed by atoms with E-state index >= 15 is 0 Å². The van der Waals surface area contributed by atoms with Crippen molar-refractivity contribution < 1.29 is 23.5 Å². The first-order valence-corrected chi connectivity index (χ1v) is 8.22. The van der Waals surface area contributed by atoms with Gasteiger partial charge in [0.15, 0.2) is 5.76 Å². The quantitative estimate of drug-likeness (QED) is 0.728. The normalized spacial score (nSPS) is 10.2. The zero-order valence-electron chi connectivity index (χ0n) is 14.9. The second-order valence-corrected chi connectivity index (χ2v) is 5.74. The number of amides is 2. The van der Waals surface area contributed by atoms with E-state index in [0.29, 0.717) is 6.54 Å². The molecule has 1 N–H and O–H groups in total. The molecule has 0 saturated carbocycles. The van der Waals surface area contributed by atoms with Crippen LogP contribution in [0.5, 0.6) is 0 Å². The van der Waals surface area contributed by atoms with Gasteiger partial charge in [-0.05, 0) is 30.2 Å². The number of carbonyl (C=O) groups excluding carboxylic acids is 3. The number of methoxy groups -OCH3 is 1. The highest BCUT2D eigenvalue weighted by Gasteiger charge is 2.19. The molecule has 2 amide bonds. The SMILES string of the molecule is COC(=O)CN(Cc1ccccc1C)C(=O)CCNC(=O)c1ccco1. The van der Waals surface area contributed by atoms with Crippen molar-refractivity contribution in [3.8, 4) is 0 Å². The molecule has 1 heterocycles. The third-order valence-corrected chi connectivity index (χ3v) is 3.89. The van der Waals surface area contributed by atoms with Gasteiger partial charge in [0, 0.05) is 19.5 Å². The van der Waals surface area contributed by atoms with Crippen LogP contribution in [0.3, 0.4) is 0 Å². The van der Waals surface area contributed by atoms with Crippen molar-refractivity contribution in [1.29, 1.82) is 0 Å². The number of nitrogens with one attached hydrogen (secondary N) is 1. The molecular weight excluding hydrogens is 336 g/mol. The molecule has 0 fully saturated rings. The lowest BCUT2D eigenvalue weighted by Crippen LogP contribution is -2.38. The Hall–Kier alpha value is -3.09. The molecular formula is C19H22N2O5. The maximum atomic E-state index is 12.5. The van der Waals surface area contributed by atoms with Crippen LogP contribution in [-0.4, -0.2) is 42.9 Å². The molecule has 0 saturated heterocycles. The lowest BCUT2D eigenvalue weighted by Gasteiger charge is -2.22. The van der Waals surface area contributed by atoms with Gasteiger partial charge in [-0.15, -0.1) is 0 Å². The lowest BCUT2D eigenvalue weighted by molar-refractivity contribution is -0.147. The summed E-state index contributed by atoms with van der Waals surface area (Å²) in [7, 11) is 1.28. The highest BCUT2D eigenvalue weighted by molar-refractivity contribution is 5.91. The number of hydrogen-bond acceptors (Lipinski definition) is 5. The van der Waals surface area contributed by atoms with Crippen LogP contribution in [0.15, 0.2) is 47.1 Å². The van der Waals surface area contributed by atoms with E-state index in [1.165, 1.54) is 18.3 Å². The largest absolute Gasteiger partial charge is 0.468 e. The predicted octanol–water partition coefficient (Wildman–Crippen LogP) is 1.91. The Balaban J connectivity index is 1.95. The number of benzene rings is 1. The standard InChI is InChI=1S/C19H22N2O5/c1-14-6-3-4-7-15(14)12-21(13-18(23)25-2)17(22)9-10-20-19(24)16-8-5-11-26-16/h3-8,11H,9-10,12-13H2,1-2H3,(H,20,24). The van der Waals surface area contributed by atoms with Crippen LogP contribution in [0.25, 0.3) is 0 Å². The van der Waals surface area contributed by atoms with Crippen LogP contribution in [0.2, 0.25) is 0 Å². The fourth-order valence-electron chi connectivity index (χ4n) is 2.38. The minimum absolute atomic E-state index is 0.0648. The number of esters is 1. The Kier molecular flexibility index (Phi) is 6.96. The Morgan fingerprint density at radius 2 is 1.92 bits per heavy atom. The van der Waals surface area contributed by atoms with Crippen LogP contribution in [-0.2, 0) is 20.9 Å². The van der Waals surface area contributed by atoms with Crippen LogP contribution in [0, 0.1) is 6.92 Å². The van der Waals surface area contributed by atoms with Gasteiger partial charge in [-0.25, -0.2) is 0 Å². The maximum Gasteiger partial charge on any atom is 0.325 e. The van der Waals surface area contributed by atoms with Crippen LogP contribution < -0.4 is 5.32 Å². The van der Waals surface area contributed by atoms with Crippen LogP contribution in [0.1, 0.15) is 28.1 Å². The van der Waals surface area contributed by atoms with Crippen LogP contribution >= 0.6 is 0 Å². The van der Waals surface area contributed by atoms with Crippen molar-refractivity contribution in [2.24, 2.45) is 0 Å². The number of hydrogen-bond donors (Lipinski definition) is 1. The van der Waals surface area contributed by atoms with Gasteiger partial charge in [0.2, 0.25) is 5.91 Å². The van der Waals surface area contributed by atoms with Gasteiger partial charge in [-0.3, -0.25) is 14.4 Å². The molecule has 0 aliphatic carbocycles. The van der Waals surface area contributed by atoms with Gasteiger partial charge in [0.1, 0.15) is 6.54 Å². The van der Waals surface area contributed by atoms with E-state index in [9.17, 15) is 14.4 Å². The highest BCUT2D eigenvalue weighted by atomic mass is 16.5. The second-order valence-electron chi connectivity index (χ2n) is 5.74. The van der Waals surface area contributed by atoms with Gasteiger partial charge >= 0.3 is 5.97 Å². The summed E-state index contributed by atoms with van der Waals surface area (Å²) in [4.78, 5) is 37.4. The molecule has 0 bridgehead atoms. The minimum Gasteiger partial charge on any atom is -0.468 e. The van der Waals surface area contributed by atoms with E-state index in [1.807, 2.05) is 31.2 Å². The van der Waals surface area contributed by atoms with Gasteiger partial charge in [-0.2, -0.15) is 0 Å². The van der Waals surface area contributed by atoms with E-state index < -0.39 is 5.97 Å². The zero-order valence-corrected chi connectivity index (χ0v) is 14.9. The molecule has 0 atom stereocenters. The molecule has 0 aliphatic heterocycles. The average molecular weight is 358 g/mol. The number of ether oxygens (including phenoxy) is 1. The molecule has 138 valence electrons. The summed E-state index contributed by atoms with van der Waals surface area (Å²) in [6, 6.07) is 10.8. The number of furan rings is 1. The van der Waals surface area contributed by atoms with Gasteiger partial charge < -0.3 is 19.4 Å². The van der Waals surface area contributed by atoms with Gasteiger partial charge in [0.05, 0.1) is 13.4 Å². The molecule has 0 spiro atoms. The van der Waals surface area contributed by atoms with Crippen molar-refractivity contribution in [2.45, 2.75) is 19.9 Å². The van der Waals surface area contributed by atoms with Crippen LogP contribution in [0.4, 0.5) is 0 Å². The fourth-order valence-corrected chi connectivity index (χ4v) is 2.38. The molecule has 26 heavy (non-hydrogen) atoms. The Morgan fingerprint density at radius 1 is 1.15 bits per heavy atom. The van der Waals surface area contributed by atoms with E-state index in [1.54, 1.807) is 12.1 Å². The molecule has 7 heteroatoms. The first-order valence-electron chi connectivity index (χ1n) is 8.22. The second kappa shape index (κ2) is 9.41. The van der Waals surface area contributed by atoms with E-state index in [2.05, 4.69) is 10.1 Å². The van der Waals surface area contributed by atoms with Crippen molar-refractivity contribution in [2.75, 3.05) is 20.2 Å². The number of aryl methyl sites for hydroxylation is 1. The summed E-state index contributed by atoms with van der Waals surface area (Å²) in [5.41, 5.74) is 1.98. The zero-order chi connectivity index (χ0) is 18.9. The highest BCUT2D eigenvalue weighted by Crippen LogP contribution is 2.11. The maximum absolute atomic E-state index is 12.5. The summed E-state index contributed by atoms with van der Waals surface area (Å²) in [5, 5.41) is 2.62. The lowest BCUT2D eigenvalue weighted by atomic mass is 10.1. The third kappa shape index (κ3) is 5.47. The Bertz CT molecular complexity index is 755. The molecule has 0 aliphatic rings. The number of rotatable bonds is 8. The molecule has 1 aromatic heterocycles. The minimum atomic E-state index is -0.494. The summed E-state index contributed by atoms with van der Waals surface area (Å²) in [6.45, 7) is 2.24. The predicted molar refractivity (Wildman–Crippen MR) is 94.3 cm³/mol. The monoisotopic (exact) mass is 358 g/mol. The molecule has 2 rings (SSSR count). The molecule has 2 aromatic rings. The van der Waals surface area contributed by atoms with Crippen molar-refractivity contribution in [1.82, 2.24) is 10.2 Å². The van der Waals surface area contributed by atoms with Crippen molar-refractivity contribution in [3.05, 3.63) is 59.5 Å². The van der Waals surface area contributed by atoms with E-state index in [4.69, 9.17) is 4.42 Å². The summed E-state index contributed by atoms with van der Waals surface area (Å²) in [6.07, 6.45) is 1.47. The summed E-state index contributed by atoms with van der Waals surface area (Å²) in [5.74, 6) is -0.949. The van der Waals surface area contributed by atoms with Gasteiger partial charge in [-0.1, -0.05) is 24.3 Å². The van der Waals surface area contributed by atoms with Crippen molar-refractivity contribution >= 4 is 17.8 Å². The Labute approximate surface area is 151 Å². The van der Waals surface area contributed by atoms with E-state index in [0.717, 1.165) is 11.1 Å².